The number of amides is 1. The van der Waals surface area contributed by atoms with Crippen LogP contribution in [-0.4, -0.2) is 38.9 Å². The summed E-state index contributed by atoms with van der Waals surface area (Å²) < 4.78 is 26.4. The highest BCUT2D eigenvalue weighted by Crippen LogP contribution is 2.08. The van der Waals surface area contributed by atoms with E-state index in [-0.39, 0.29) is 23.8 Å². The van der Waals surface area contributed by atoms with E-state index in [1.807, 2.05) is 6.07 Å². The van der Waals surface area contributed by atoms with Crippen LogP contribution >= 0.6 is 0 Å². The molecule has 1 heterocycles. The number of anilines is 1. The van der Waals surface area contributed by atoms with E-state index < -0.39 is 10.0 Å². The summed E-state index contributed by atoms with van der Waals surface area (Å²) in [4.78, 5) is 16.0. The van der Waals surface area contributed by atoms with Crippen molar-refractivity contribution in [2.24, 2.45) is 0 Å². The molecule has 0 saturated heterocycles. The van der Waals surface area contributed by atoms with Crippen LogP contribution < -0.4 is 15.4 Å². The van der Waals surface area contributed by atoms with E-state index in [9.17, 15) is 13.2 Å². The number of rotatable bonds is 9. The summed E-state index contributed by atoms with van der Waals surface area (Å²) in [7, 11) is -3.61. The van der Waals surface area contributed by atoms with Crippen molar-refractivity contribution in [2.75, 3.05) is 25.0 Å². The lowest BCUT2D eigenvalue weighted by molar-refractivity contribution is -0.120. The molecule has 0 saturated carbocycles. The number of carbonyl (C=O) groups excluding carboxylic acids is 1. The molecule has 0 fully saturated rings. The molecule has 0 spiro atoms. The van der Waals surface area contributed by atoms with E-state index in [4.69, 9.17) is 5.26 Å². The quantitative estimate of drug-likeness (QED) is 0.560. The molecule has 1 aromatic carbocycles. The molecule has 136 valence electrons. The lowest BCUT2D eigenvalue weighted by atomic mass is 10.3. The highest BCUT2D eigenvalue weighted by Gasteiger charge is 2.13. The third-order valence-electron chi connectivity index (χ3n) is 3.37. The maximum Gasteiger partial charge on any atom is 0.240 e. The molecule has 0 aliphatic rings. The highest BCUT2D eigenvalue weighted by molar-refractivity contribution is 7.89. The van der Waals surface area contributed by atoms with E-state index in [2.05, 4.69) is 20.3 Å². The van der Waals surface area contributed by atoms with Gasteiger partial charge in [0.15, 0.2) is 0 Å². The van der Waals surface area contributed by atoms with Crippen molar-refractivity contribution >= 4 is 21.7 Å². The minimum Gasteiger partial charge on any atom is -0.367 e. The maximum atomic E-state index is 12.0. The van der Waals surface area contributed by atoms with Crippen molar-refractivity contribution in [3.8, 4) is 6.07 Å². The number of hydrogen-bond donors (Lipinski definition) is 3. The third-order valence-corrected chi connectivity index (χ3v) is 4.84. The molecule has 0 atom stereocenters. The van der Waals surface area contributed by atoms with Crippen molar-refractivity contribution in [2.45, 2.75) is 11.3 Å². The minimum absolute atomic E-state index is 0.00924. The highest BCUT2D eigenvalue weighted by atomic mass is 32.2. The van der Waals surface area contributed by atoms with Crippen LogP contribution in [0.2, 0.25) is 0 Å². The summed E-state index contributed by atoms with van der Waals surface area (Å²) in [5.74, 6) is 0.184. The first-order chi connectivity index (χ1) is 12.5. The predicted octanol–water partition coefficient (Wildman–Crippen LogP) is 0.850. The van der Waals surface area contributed by atoms with Gasteiger partial charge in [0.05, 0.1) is 10.5 Å². The van der Waals surface area contributed by atoms with E-state index in [0.29, 0.717) is 24.5 Å². The fraction of sp³-hybridized carbons (Fsp3) is 0.235. The number of aromatic nitrogens is 1. The maximum absolute atomic E-state index is 12.0. The fourth-order valence-corrected chi connectivity index (χ4v) is 3.14. The Labute approximate surface area is 152 Å². The lowest BCUT2D eigenvalue weighted by Gasteiger charge is -2.09. The van der Waals surface area contributed by atoms with Crippen LogP contribution in [0.25, 0.3) is 0 Å². The second-order valence-corrected chi connectivity index (χ2v) is 7.02. The molecule has 1 amide bonds. The van der Waals surface area contributed by atoms with Gasteiger partial charge in [-0.15, -0.1) is 0 Å². The van der Waals surface area contributed by atoms with Gasteiger partial charge >= 0.3 is 0 Å². The van der Waals surface area contributed by atoms with Crippen LogP contribution in [-0.2, 0) is 14.8 Å². The van der Waals surface area contributed by atoms with Crippen molar-refractivity contribution in [3.63, 3.8) is 0 Å². The van der Waals surface area contributed by atoms with Gasteiger partial charge in [0.2, 0.25) is 15.9 Å². The molecular weight excluding hydrogens is 354 g/mol. The molecule has 2 rings (SSSR count). The molecule has 0 bridgehead atoms. The van der Waals surface area contributed by atoms with Gasteiger partial charge in [-0.25, -0.2) is 18.1 Å². The number of nitrogens with zero attached hydrogens (tertiary/aromatic N) is 2. The van der Waals surface area contributed by atoms with Crippen LogP contribution in [0, 0.1) is 11.3 Å². The largest absolute Gasteiger partial charge is 0.367 e. The number of carbonyl (C=O) groups is 1. The molecule has 0 aliphatic carbocycles. The average molecular weight is 373 g/mol. The van der Waals surface area contributed by atoms with Gasteiger partial charge in [0, 0.05) is 32.3 Å². The zero-order chi connectivity index (χ0) is 18.8. The zero-order valence-electron chi connectivity index (χ0n) is 14.0. The van der Waals surface area contributed by atoms with Gasteiger partial charge in [0.1, 0.15) is 11.9 Å². The summed E-state index contributed by atoms with van der Waals surface area (Å²) >= 11 is 0. The molecule has 0 unspecified atom stereocenters. The molecule has 8 nitrogen and oxygen atoms in total. The summed E-state index contributed by atoms with van der Waals surface area (Å²) in [5.41, 5.74) is 0.425. The number of benzene rings is 1. The van der Waals surface area contributed by atoms with Crippen molar-refractivity contribution in [1.82, 2.24) is 15.0 Å². The van der Waals surface area contributed by atoms with Gasteiger partial charge in [-0.2, -0.15) is 5.26 Å². The van der Waals surface area contributed by atoms with Crippen LogP contribution in [0.15, 0.2) is 53.6 Å². The Morgan fingerprint density at radius 2 is 1.85 bits per heavy atom. The Morgan fingerprint density at radius 3 is 2.58 bits per heavy atom. The van der Waals surface area contributed by atoms with E-state index >= 15 is 0 Å². The summed E-state index contributed by atoms with van der Waals surface area (Å²) in [6.45, 7) is 0.730. The van der Waals surface area contributed by atoms with Gasteiger partial charge < -0.3 is 10.6 Å². The van der Waals surface area contributed by atoms with Crippen molar-refractivity contribution in [1.29, 1.82) is 5.26 Å². The molecule has 0 radical (unpaired) electrons. The second-order valence-electron chi connectivity index (χ2n) is 5.25. The standard InChI is InChI=1S/C17H19N5O3S/c18-13-14-5-4-9-20-17(14)21-12-11-19-16(23)8-10-22-26(24,25)15-6-2-1-3-7-15/h1-7,9,22H,8,10-12H2,(H,19,23)(H,20,21). The predicted molar refractivity (Wildman–Crippen MR) is 96.7 cm³/mol. The first-order valence-corrected chi connectivity index (χ1v) is 9.41. The molecular formula is C17H19N5O3S. The first kappa shape index (κ1) is 19.4. The normalized spacial score (nSPS) is 10.7. The van der Waals surface area contributed by atoms with Crippen LogP contribution in [0.4, 0.5) is 5.82 Å². The average Bonchev–Trinajstić information content (AvgIpc) is 2.66. The Balaban J connectivity index is 1.67. The van der Waals surface area contributed by atoms with E-state index in [0.717, 1.165) is 0 Å². The Hall–Kier alpha value is -2.96. The number of nitrogens with one attached hydrogen (secondary N) is 3. The van der Waals surface area contributed by atoms with Crippen LogP contribution in [0.3, 0.4) is 0 Å². The third kappa shape index (κ3) is 5.84. The fourth-order valence-electron chi connectivity index (χ4n) is 2.09. The monoisotopic (exact) mass is 373 g/mol. The number of pyridine rings is 1. The van der Waals surface area contributed by atoms with Crippen LogP contribution in [0.1, 0.15) is 12.0 Å². The Bertz CT molecular complexity index is 879. The molecule has 26 heavy (non-hydrogen) atoms. The SMILES string of the molecule is N#Cc1cccnc1NCCNC(=O)CCNS(=O)(=O)c1ccccc1. The van der Waals surface area contributed by atoms with E-state index in [1.165, 1.54) is 12.1 Å². The number of hydrogen-bond acceptors (Lipinski definition) is 6. The first-order valence-electron chi connectivity index (χ1n) is 7.93. The summed E-state index contributed by atoms with van der Waals surface area (Å²) in [5, 5.41) is 14.6. The number of sulfonamides is 1. The number of nitriles is 1. The molecule has 9 heteroatoms. The van der Waals surface area contributed by atoms with Crippen molar-refractivity contribution < 1.29 is 13.2 Å². The van der Waals surface area contributed by atoms with Crippen LogP contribution in [0.5, 0.6) is 0 Å². The topological polar surface area (TPSA) is 124 Å². The van der Waals surface area contributed by atoms with Gasteiger partial charge in [-0.1, -0.05) is 18.2 Å². The Morgan fingerprint density at radius 1 is 1.08 bits per heavy atom. The van der Waals surface area contributed by atoms with Gasteiger partial charge in [-0.05, 0) is 24.3 Å². The molecule has 2 aromatic rings. The molecule has 3 N–H and O–H groups in total. The lowest BCUT2D eigenvalue weighted by Crippen LogP contribution is -2.33. The minimum atomic E-state index is -3.61. The second kappa shape index (κ2) is 9.50. The van der Waals surface area contributed by atoms with E-state index in [1.54, 1.807) is 36.5 Å². The smallest absolute Gasteiger partial charge is 0.240 e. The van der Waals surface area contributed by atoms with Gasteiger partial charge in [0.25, 0.3) is 0 Å². The summed E-state index contributed by atoms with van der Waals surface area (Å²) in [6.07, 6.45) is 1.60. The van der Waals surface area contributed by atoms with Crippen molar-refractivity contribution in [3.05, 3.63) is 54.2 Å². The molecule has 1 aromatic heterocycles. The Kier molecular flexibility index (Phi) is 7.08. The zero-order valence-corrected chi connectivity index (χ0v) is 14.8. The summed E-state index contributed by atoms with van der Waals surface area (Å²) in [6, 6.07) is 13.3. The van der Waals surface area contributed by atoms with Gasteiger partial charge in [-0.3, -0.25) is 4.79 Å². The molecule has 0 aliphatic heterocycles.